The maximum Gasteiger partial charge on any atom is 0.193 e. The molecule has 0 radical (unpaired) electrons. The molecule has 1 heterocycles. The Bertz CT molecular complexity index is 652. The van der Waals surface area contributed by atoms with Gasteiger partial charge in [-0.3, -0.25) is 9.89 Å². The van der Waals surface area contributed by atoms with Crippen molar-refractivity contribution < 1.29 is 4.74 Å². The molecule has 1 aromatic rings. The summed E-state index contributed by atoms with van der Waals surface area (Å²) in [5, 5.41) is 3.32. The molecule has 1 aliphatic heterocycles. The summed E-state index contributed by atoms with van der Waals surface area (Å²) in [6.07, 6.45) is 10.0. The molecular formula is C21H33IN4O. The van der Waals surface area contributed by atoms with Crippen LogP contribution in [0.3, 0.4) is 0 Å². The fraction of sp³-hybridized carbons (Fsp3) is 0.667. The molecule has 0 aromatic heterocycles. The van der Waals surface area contributed by atoms with E-state index in [0.717, 1.165) is 38.5 Å². The molecule has 0 amide bonds. The summed E-state index contributed by atoms with van der Waals surface area (Å²) in [7, 11) is 0. The lowest BCUT2D eigenvalue weighted by molar-refractivity contribution is -0.0333. The number of nitrogens with two attached hydrogens (primary N) is 1. The summed E-state index contributed by atoms with van der Waals surface area (Å²) in [5.41, 5.74) is 10.4. The first kappa shape index (κ1) is 20.9. The van der Waals surface area contributed by atoms with Gasteiger partial charge >= 0.3 is 0 Å². The number of halogens is 1. The number of aryl methyl sites for hydroxylation is 2. The highest BCUT2D eigenvalue weighted by atomic mass is 127. The minimum absolute atomic E-state index is 0. The number of rotatable bonds is 4. The zero-order valence-electron chi connectivity index (χ0n) is 16.2. The first-order valence-corrected chi connectivity index (χ1v) is 10.3. The quantitative estimate of drug-likeness (QED) is 0.390. The van der Waals surface area contributed by atoms with Crippen molar-refractivity contribution in [3.63, 3.8) is 0 Å². The molecule has 2 fully saturated rings. The summed E-state index contributed by atoms with van der Waals surface area (Å²) in [6, 6.07) is 6.60. The van der Waals surface area contributed by atoms with E-state index in [1.54, 1.807) is 0 Å². The van der Waals surface area contributed by atoms with Gasteiger partial charge in [-0.05, 0) is 55.4 Å². The minimum Gasteiger partial charge on any atom is -0.379 e. The summed E-state index contributed by atoms with van der Waals surface area (Å²) in [5.74, 6) is 0.543. The molecule has 0 unspecified atom stereocenters. The van der Waals surface area contributed by atoms with E-state index in [-0.39, 0.29) is 29.5 Å². The van der Waals surface area contributed by atoms with Gasteiger partial charge in [0.2, 0.25) is 0 Å². The van der Waals surface area contributed by atoms with Crippen LogP contribution in [-0.2, 0) is 17.6 Å². The van der Waals surface area contributed by atoms with Crippen LogP contribution >= 0.6 is 24.0 Å². The van der Waals surface area contributed by atoms with Gasteiger partial charge in [-0.2, -0.15) is 0 Å². The Morgan fingerprint density at radius 3 is 2.59 bits per heavy atom. The van der Waals surface area contributed by atoms with E-state index in [1.807, 2.05) is 0 Å². The Morgan fingerprint density at radius 2 is 1.81 bits per heavy atom. The molecule has 3 aliphatic rings. The number of benzene rings is 1. The van der Waals surface area contributed by atoms with E-state index in [1.165, 1.54) is 62.5 Å². The second-order valence-corrected chi connectivity index (χ2v) is 8.05. The number of ether oxygens (including phenoxy) is 1. The third-order valence-electron chi connectivity index (χ3n) is 6.38. The average molecular weight is 484 g/mol. The van der Waals surface area contributed by atoms with Gasteiger partial charge < -0.3 is 15.8 Å². The van der Waals surface area contributed by atoms with Crippen LogP contribution in [-0.4, -0.2) is 49.2 Å². The Kier molecular flexibility index (Phi) is 7.39. The number of hydrogen-bond donors (Lipinski definition) is 2. The zero-order chi connectivity index (χ0) is 17.8. The number of aliphatic imine (C=N–C) groups is 1. The molecule has 0 spiro atoms. The Hall–Kier alpha value is -0.860. The Balaban J connectivity index is 0.00000210. The lowest BCUT2D eigenvalue weighted by atomic mass is 9.80. The van der Waals surface area contributed by atoms with Crippen LogP contribution < -0.4 is 11.1 Å². The molecule has 0 atom stereocenters. The molecule has 150 valence electrons. The van der Waals surface area contributed by atoms with E-state index >= 15 is 0 Å². The molecule has 27 heavy (non-hydrogen) atoms. The third kappa shape index (κ3) is 4.95. The van der Waals surface area contributed by atoms with Gasteiger partial charge in [0.15, 0.2) is 5.96 Å². The highest BCUT2D eigenvalue weighted by Gasteiger charge is 2.38. The fourth-order valence-corrected chi connectivity index (χ4v) is 4.89. The van der Waals surface area contributed by atoms with E-state index in [2.05, 4.69) is 28.4 Å². The molecule has 6 heteroatoms. The minimum atomic E-state index is 0. The lowest BCUT2D eigenvalue weighted by Crippen LogP contribution is -2.56. The van der Waals surface area contributed by atoms with Crippen LogP contribution in [0.25, 0.3) is 0 Å². The number of guanidine groups is 1. The van der Waals surface area contributed by atoms with Gasteiger partial charge in [0.25, 0.3) is 0 Å². The van der Waals surface area contributed by atoms with Crippen LogP contribution in [0.4, 0.5) is 5.69 Å². The van der Waals surface area contributed by atoms with Crippen LogP contribution in [0.15, 0.2) is 23.2 Å². The molecule has 2 aliphatic carbocycles. The maximum atomic E-state index is 6.25. The van der Waals surface area contributed by atoms with Crippen LogP contribution in [0.1, 0.15) is 49.7 Å². The van der Waals surface area contributed by atoms with Crippen LogP contribution in [0.2, 0.25) is 0 Å². The molecule has 1 saturated heterocycles. The first-order valence-electron chi connectivity index (χ1n) is 10.3. The molecule has 1 saturated carbocycles. The van der Waals surface area contributed by atoms with Gasteiger partial charge in [-0.15, -0.1) is 24.0 Å². The van der Waals surface area contributed by atoms with Crippen molar-refractivity contribution in [3.05, 3.63) is 29.3 Å². The normalized spacial score (nSPS) is 22.7. The Morgan fingerprint density at radius 1 is 1.07 bits per heavy atom. The van der Waals surface area contributed by atoms with Crippen molar-refractivity contribution in [2.75, 3.05) is 38.2 Å². The van der Waals surface area contributed by atoms with Gasteiger partial charge in [-0.25, -0.2) is 0 Å². The highest BCUT2D eigenvalue weighted by Crippen LogP contribution is 2.34. The van der Waals surface area contributed by atoms with Gasteiger partial charge in [0.05, 0.1) is 19.8 Å². The van der Waals surface area contributed by atoms with E-state index in [9.17, 15) is 0 Å². The van der Waals surface area contributed by atoms with Gasteiger partial charge in [-0.1, -0.05) is 25.3 Å². The number of anilines is 1. The SMILES string of the molecule is I.NC(=NCC1(N2CCOCC2)CCCCC1)Nc1ccc2c(c1)CCC2. The first-order chi connectivity index (χ1) is 12.8. The summed E-state index contributed by atoms with van der Waals surface area (Å²) in [6.45, 7) is 4.51. The van der Waals surface area contributed by atoms with Crippen LogP contribution in [0, 0.1) is 0 Å². The van der Waals surface area contributed by atoms with E-state index in [0.29, 0.717) is 5.96 Å². The van der Waals surface area contributed by atoms with Crippen molar-refractivity contribution in [2.24, 2.45) is 10.7 Å². The second-order valence-electron chi connectivity index (χ2n) is 8.05. The zero-order valence-corrected chi connectivity index (χ0v) is 18.5. The predicted octanol–water partition coefficient (Wildman–Crippen LogP) is 3.56. The number of nitrogens with zero attached hydrogens (tertiary/aromatic N) is 2. The van der Waals surface area contributed by atoms with E-state index < -0.39 is 0 Å². The van der Waals surface area contributed by atoms with Crippen molar-refractivity contribution in [1.82, 2.24) is 4.90 Å². The highest BCUT2D eigenvalue weighted by molar-refractivity contribution is 14.0. The standard InChI is InChI=1S/C21H32N4O.HI/c22-20(24-19-8-7-17-5-4-6-18(17)15-19)23-16-21(9-2-1-3-10-21)25-11-13-26-14-12-25;/h7-8,15H,1-6,9-14,16H2,(H3,22,23,24);1H. The van der Waals surface area contributed by atoms with E-state index in [4.69, 9.17) is 15.5 Å². The fourth-order valence-electron chi connectivity index (χ4n) is 4.89. The smallest absolute Gasteiger partial charge is 0.193 e. The average Bonchev–Trinajstić information content (AvgIpc) is 3.16. The second kappa shape index (κ2) is 9.56. The maximum absolute atomic E-state index is 6.25. The number of nitrogens with one attached hydrogen (secondary N) is 1. The molecule has 5 nitrogen and oxygen atoms in total. The summed E-state index contributed by atoms with van der Waals surface area (Å²) < 4.78 is 5.56. The Labute approximate surface area is 180 Å². The molecule has 0 bridgehead atoms. The largest absolute Gasteiger partial charge is 0.379 e. The van der Waals surface area contributed by atoms with Gasteiger partial charge in [0.1, 0.15) is 0 Å². The van der Waals surface area contributed by atoms with Crippen LogP contribution in [0.5, 0.6) is 0 Å². The number of morpholine rings is 1. The monoisotopic (exact) mass is 484 g/mol. The van der Waals surface area contributed by atoms with Crippen molar-refractivity contribution in [2.45, 2.75) is 56.9 Å². The van der Waals surface area contributed by atoms with Crippen molar-refractivity contribution in [3.8, 4) is 0 Å². The molecular weight excluding hydrogens is 451 g/mol. The molecule has 3 N–H and O–H groups in total. The van der Waals surface area contributed by atoms with Gasteiger partial charge in [0, 0.05) is 24.3 Å². The lowest BCUT2D eigenvalue weighted by Gasteiger charge is -2.47. The van der Waals surface area contributed by atoms with Crippen molar-refractivity contribution >= 4 is 35.6 Å². The number of fused-ring (bicyclic) bond motifs is 1. The molecule has 1 aromatic carbocycles. The topological polar surface area (TPSA) is 62.9 Å². The third-order valence-corrected chi connectivity index (χ3v) is 6.38. The van der Waals surface area contributed by atoms with Crippen molar-refractivity contribution in [1.29, 1.82) is 0 Å². The summed E-state index contributed by atoms with van der Waals surface area (Å²) >= 11 is 0. The molecule has 4 rings (SSSR count). The predicted molar refractivity (Wildman–Crippen MR) is 122 cm³/mol. The summed E-state index contributed by atoms with van der Waals surface area (Å²) in [4.78, 5) is 7.40. The number of hydrogen-bond acceptors (Lipinski definition) is 3.